The molecule has 5 rings (SSSR count). The molecule has 1 saturated heterocycles. The maximum Gasteiger partial charge on any atom is 0.405 e. The van der Waals surface area contributed by atoms with E-state index >= 15 is 0 Å². The van der Waals surface area contributed by atoms with E-state index in [1.54, 1.807) is 34.0 Å². The number of pyridine rings is 1. The van der Waals surface area contributed by atoms with Crippen LogP contribution in [0.1, 0.15) is 46.1 Å². The highest BCUT2D eigenvalue weighted by atomic mass is 16.6. The van der Waals surface area contributed by atoms with Crippen LogP contribution in [-0.2, 0) is 11.8 Å². The van der Waals surface area contributed by atoms with Gasteiger partial charge in [-0.25, -0.2) is 19.3 Å². The third-order valence-corrected chi connectivity index (χ3v) is 7.16. The lowest BCUT2D eigenvalue weighted by Crippen LogP contribution is -2.56. The minimum absolute atomic E-state index is 0.0673. The van der Waals surface area contributed by atoms with Gasteiger partial charge >= 0.3 is 6.09 Å². The zero-order valence-corrected chi connectivity index (χ0v) is 22.2. The van der Waals surface area contributed by atoms with Crippen molar-refractivity contribution >= 4 is 17.4 Å². The van der Waals surface area contributed by atoms with Crippen LogP contribution >= 0.6 is 0 Å². The summed E-state index contributed by atoms with van der Waals surface area (Å²) in [5.41, 5.74) is 8.61. The molecule has 1 aliphatic rings. The number of primary amides is 1. The molecule has 0 saturated carbocycles. The van der Waals surface area contributed by atoms with Crippen LogP contribution in [0.2, 0.25) is 0 Å². The Morgan fingerprint density at radius 2 is 1.97 bits per heavy atom. The number of aromatic nitrogens is 6. The molecule has 2 N–H and O–H groups in total. The Labute approximate surface area is 220 Å². The van der Waals surface area contributed by atoms with Gasteiger partial charge in [0.25, 0.3) is 0 Å². The molecule has 1 fully saturated rings. The molecule has 2 atom stereocenters. The number of carbonyl (C=O) groups is 1. The summed E-state index contributed by atoms with van der Waals surface area (Å²) >= 11 is 0. The predicted octanol–water partition coefficient (Wildman–Crippen LogP) is 3.93. The van der Waals surface area contributed by atoms with E-state index in [0.717, 1.165) is 16.9 Å². The van der Waals surface area contributed by atoms with Crippen molar-refractivity contribution in [3.63, 3.8) is 0 Å². The average Bonchev–Trinajstić information content (AvgIpc) is 3.48. The predicted molar refractivity (Wildman–Crippen MR) is 142 cm³/mol. The van der Waals surface area contributed by atoms with Crippen molar-refractivity contribution in [1.82, 2.24) is 29.4 Å². The molecule has 1 aliphatic heterocycles. The van der Waals surface area contributed by atoms with Gasteiger partial charge in [-0.3, -0.25) is 4.68 Å². The minimum atomic E-state index is -0.750. The van der Waals surface area contributed by atoms with Crippen LogP contribution < -0.4 is 10.6 Å². The first-order valence-corrected chi connectivity index (χ1v) is 12.5. The molecule has 38 heavy (non-hydrogen) atoms. The second-order valence-corrected chi connectivity index (χ2v) is 11.1. The van der Waals surface area contributed by atoms with Crippen molar-refractivity contribution in [3.05, 3.63) is 48.7 Å². The third-order valence-electron chi connectivity index (χ3n) is 7.16. The van der Waals surface area contributed by atoms with Gasteiger partial charge < -0.3 is 15.4 Å². The molecule has 0 bridgehead atoms. The molecule has 11 nitrogen and oxygen atoms in total. The summed E-state index contributed by atoms with van der Waals surface area (Å²) in [4.78, 5) is 23.5. The van der Waals surface area contributed by atoms with Crippen molar-refractivity contribution < 1.29 is 9.53 Å². The van der Waals surface area contributed by atoms with Gasteiger partial charge in [-0.2, -0.15) is 15.5 Å². The van der Waals surface area contributed by atoms with E-state index < -0.39 is 11.7 Å². The highest BCUT2D eigenvalue weighted by Crippen LogP contribution is 2.40. The van der Waals surface area contributed by atoms with Gasteiger partial charge in [0.2, 0.25) is 0 Å². The van der Waals surface area contributed by atoms with Gasteiger partial charge in [-0.15, -0.1) is 0 Å². The molecule has 0 radical (unpaired) electrons. The van der Waals surface area contributed by atoms with Crippen LogP contribution in [0.3, 0.4) is 0 Å². The van der Waals surface area contributed by atoms with Crippen molar-refractivity contribution in [2.24, 2.45) is 18.2 Å². The van der Waals surface area contributed by atoms with Gasteiger partial charge in [0.1, 0.15) is 28.6 Å². The number of amides is 1. The van der Waals surface area contributed by atoms with Crippen LogP contribution in [0.25, 0.3) is 28.0 Å². The van der Waals surface area contributed by atoms with Crippen LogP contribution in [0.4, 0.5) is 10.6 Å². The zero-order valence-electron chi connectivity index (χ0n) is 22.2. The summed E-state index contributed by atoms with van der Waals surface area (Å²) in [7, 11) is 1.85. The fourth-order valence-electron chi connectivity index (χ4n) is 5.20. The second kappa shape index (κ2) is 9.13. The number of ether oxygens (including phenoxy) is 1. The largest absolute Gasteiger partial charge is 0.443 e. The van der Waals surface area contributed by atoms with Crippen LogP contribution in [-0.4, -0.2) is 53.6 Å². The summed E-state index contributed by atoms with van der Waals surface area (Å²) in [6.45, 7) is 9.11. The normalized spacial score (nSPS) is 19.9. The molecular weight excluding hydrogens is 482 g/mol. The first-order valence-electron chi connectivity index (χ1n) is 12.5. The molecule has 2 unspecified atom stereocenters. The van der Waals surface area contributed by atoms with E-state index in [1.807, 2.05) is 32.3 Å². The number of rotatable bonds is 4. The van der Waals surface area contributed by atoms with E-state index in [0.29, 0.717) is 41.9 Å². The van der Waals surface area contributed by atoms with E-state index in [-0.39, 0.29) is 11.5 Å². The Balaban J connectivity index is 1.53. The lowest BCUT2D eigenvalue weighted by molar-refractivity contribution is -0.00948. The SMILES string of the molecule is Cn1cc(-c2cn3ncc(C#N)c3c(-c3ccc(N4CCC(C)(OC(N)=O)CC4C(C)(C)C)nc3)n2)cn1. The Kier molecular flexibility index (Phi) is 6.06. The minimum Gasteiger partial charge on any atom is -0.443 e. The van der Waals surface area contributed by atoms with Gasteiger partial charge in [0.05, 0.1) is 30.0 Å². The number of aryl methyl sites for hydroxylation is 1. The number of hydrogen-bond acceptors (Lipinski definition) is 8. The summed E-state index contributed by atoms with van der Waals surface area (Å²) in [6, 6.07) is 6.23. The second-order valence-electron chi connectivity index (χ2n) is 11.1. The summed E-state index contributed by atoms with van der Waals surface area (Å²) in [5, 5.41) is 18.3. The number of fused-ring (bicyclic) bond motifs is 1. The fraction of sp³-hybridized carbons (Fsp3) is 0.407. The van der Waals surface area contributed by atoms with Gasteiger partial charge in [0.15, 0.2) is 0 Å². The van der Waals surface area contributed by atoms with Crippen molar-refractivity contribution in [2.45, 2.75) is 52.2 Å². The Morgan fingerprint density at radius 3 is 2.58 bits per heavy atom. The van der Waals surface area contributed by atoms with Crippen LogP contribution in [0.5, 0.6) is 0 Å². The smallest absolute Gasteiger partial charge is 0.405 e. The monoisotopic (exact) mass is 513 g/mol. The fourth-order valence-corrected chi connectivity index (χ4v) is 5.20. The molecule has 1 amide bonds. The average molecular weight is 514 g/mol. The molecule has 196 valence electrons. The quantitative estimate of drug-likeness (QED) is 0.433. The Hall–Kier alpha value is -4.46. The standard InChI is InChI=1S/C27H31N9O2/c1-26(2,3)21-10-27(4,38-25(29)37)8-9-35(21)22-7-6-17(12-30-22)23-24-18(11-28)13-32-36(24)16-20(33-23)19-14-31-34(5)15-19/h6-7,12-16,21H,8-10H2,1-5H3,(H2,29,37). The number of piperidine rings is 1. The van der Waals surface area contributed by atoms with E-state index in [2.05, 4.69) is 41.9 Å². The van der Waals surface area contributed by atoms with E-state index in [4.69, 9.17) is 20.4 Å². The molecule has 4 aromatic rings. The highest BCUT2D eigenvalue weighted by Gasteiger charge is 2.44. The summed E-state index contributed by atoms with van der Waals surface area (Å²) in [5.74, 6) is 0.822. The molecule has 5 heterocycles. The number of carbonyl (C=O) groups excluding carboxylic acids is 1. The zero-order chi connectivity index (χ0) is 27.2. The van der Waals surface area contributed by atoms with Gasteiger partial charge in [-0.1, -0.05) is 20.8 Å². The van der Waals surface area contributed by atoms with Crippen LogP contribution in [0.15, 0.2) is 43.1 Å². The first-order chi connectivity index (χ1) is 18.0. The first kappa shape index (κ1) is 25.2. The van der Waals surface area contributed by atoms with E-state index in [1.165, 1.54) is 0 Å². The maximum atomic E-state index is 11.5. The van der Waals surface area contributed by atoms with Crippen molar-refractivity contribution in [2.75, 3.05) is 11.4 Å². The number of nitrogens with zero attached hydrogens (tertiary/aromatic N) is 8. The lowest BCUT2D eigenvalue weighted by atomic mass is 9.75. The van der Waals surface area contributed by atoms with Crippen molar-refractivity contribution in [1.29, 1.82) is 5.26 Å². The molecule has 0 aromatic carbocycles. The highest BCUT2D eigenvalue weighted by molar-refractivity contribution is 5.83. The van der Waals surface area contributed by atoms with E-state index in [9.17, 15) is 10.1 Å². The number of anilines is 1. The molecule has 4 aromatic heterocycles. The molecule has 0 aliphatic carbocycles. The third kappa shape index (κ3) is 4.65. The maximum absolute atomic E-state index is 11.5. The lowest BCUT2D eigenvalue weighted by Gasteiger charge is -2.49. The number of hydrogen-bond donors (Lipinski definition) is 1. The molecule has 11 heteroatoms. The van der Waals surface area contributed by atoms with Gasteiger partial charge in [0, 0.05) is 56.0 Å². The van der Waals surface area contributed by atoms with Crippen LogP contribution in [0, 0.1) is 16.7 Å². The molecular formula is C27H31N9O2. The summed E-state index contributed by atoms with van der Waals surface area (Å²) < 4.78 is 8.90. The summed E-state index contributed by atoms with van der Waals surface area (Å²) in [6.07, 6.45) is 9.28. The molecule has 0 spiro atoms. The van der Waals surface area contributed by atoms with Crippen molar-refractivity contribution in [3.8, 4) is 28.6 Å². The number of nitrogens with two attached hydrogens (primary N) is 1. The topological polar surface area (TPSA) is 140 Å². The Morgan fingerprint density at radius 1 is 1.18 bits per heavy atom. The number of nitriles is 1. The Bertz CT molecular complexity index is 1540. The van der Waals surface area contributed by atoms with Gasteiger partial charge in [-0.05, 0) is 24.5 Å².